The highest BCUT2D eigenvalue weighted by Crippen LogP contribution is 2.26. The molecule has 0 aromatic carbocycles. The number of hydrogen-bond acceptors (Lipinski definition) is 4. The Kier molecular flexibility index (Phi) is 7.09. The molecule has 18 heavy (non-hydrogen) atoms. The molecule has 0 amide bonds. The van der Waals surface area contributed by atoms with Gasteiger partial charge in [0.2, 0.25) is 0 Å². The van der Waals surface area contributed by atoms with Crippen LogP contribution in [0.1, 0.15) is 46.1 Å². The highest BCUT2D eigenvalue weighted by Gasteiger charge is 2.09. The third-order valence-corrected chi connectivity index (χ3v) is 3.80. The molecule has 0 saturated heterocycles. The van der Waals surface area contributed by atoms with Gasteiger partial charge in [0.05, 0.1) is 0 Å². The van der Waals surface area contributed by atoms with Gasteiger partial charge in [0, 0.05) is 12.1 Å². The summed E-state index contributed by atoms with van der Waals surface area (Å²) in [5.41, 5.74) is 1.26. The SMILES string of the molecule is CCCNc1ncnc(SCCC(C)C)c1CC. The molecule has 0 spiro atoms. The van der Waals surface area contributed by atoms with Crippen molar-refractivity contribution in [2.45, 2.75) is 52.0 Å². The third kappa shape index (κ3) is 4.84. The average molecular weight is 267 g/mol. The molecular formula is C14H25N3S. The summed E-state index contributed by atoms with van der Waals surface area (Å²) in [7, 11) is 0. The second-order valence-electron chi connectivity index (χ2n) is 4.82. The van der Waals surface area contributed by atoms with E-state index in [9.17, 15) is 0 Å². The first-order chi connectivity index (χ1) is 8.69. The Balaban J connectivity index is 2.71. The number of aromatic nitrogens is 2. The van der Waals surface area contributed by atoms with Crippen LogP contribution in [-0.4, -0.2) is 22.3 Å². The molecular weight excluding hydrogens is 242 g/mol. The lowest BCUT2D eigenvalue weighted by atomic mass is 10.2. The first-order valence-corrected chi connectivity index (χ1v) is 7.88. The van der Waals surface area contributed by atoms with E-state index in [-0.39, 0.29) is 0 Å². The van der Waals surface area contributed by atoms with Gasteiger partial charge in [0.15, 0.2) is 0 Å². The van der Waals surface area contributed by atoms with Crippen LogP contribution in [0.2, 0.25) is 0 Å². The summed E-state index contributed by atoms with van der Waals surface area (Å²) in [6.07, 6.45) is 5.00. The molecule has 1 N–H and O–H groups in total. The van der Waals surface area contributed by atoms with Gasteiger partial charge in [-0.2, -0.15) is 0 Å². The maximum atomic E-state index is 4.43. The maximum absolute atomic E-state index is 4.43. The van der Waals surface area contributed by atoms with Gasteiger partial charge >= 0.3 is 0 Å². The van der Waals surface area contributed by atoms with Crippen molar-refractivity contribution < 1.29 is 0 Å². The molecule has 4 heteroatoms. The molecule has 0 radical (unpaired) electrons. The molecule has 1 aromatic rings. The summed E-state index contributed by atoms with van der Waals surface area (Å²) in [6, 6.07) is 0. The van der Waals surface area contributed by atoms with Gasteiger partial charge in [0.25, 0.3) is 0 Å². The van der Waals surface area contributed by atoms with Gasteiger partial charge in [-0.25, -0.2) is 9.97 Å². The molecule has 1 aromatic heterocycles. The molecule has 3 nitrogen and oxygen atoms in total. The largest absolute Gasteiger partial charge is 0.370 e. The Morgan fingerprint density at radius 2 is 2.06 bits per heavy atom. The van der Waals surface area contributed by atoms with Crippen molar-refractivity contribution in [2.24, 2.45) is 5.92 Å². The van der Waals surface area contributed by atoms with Gasteiger partial charge in [-0.3, -0.25) is 0 Å². The van der Waals surface area contributed by atoms with Gasteiger partial charge in [-0.15, -0.1) is 11.8 Å². The predicted molar refractivity (Wildman–Crippen MR) is 80.4 cm³/mol. The minimum Gasteiger partial charge on any atom is -0.370 e. The number of nitrogens with one attached hydrogen (secondary N) is 1. The summed E-state index contributed by atoms with van der Waals surface area (Å²) < 4.78 is 0. The molecule has 0 aliphatic heterocycles. The second kappa shape index (κ2) is 8.35. The summed E-state index contributed by atoms with van der Waals surface area (Å²) in [5.74, 6) is 2.90. The van der Waals surface area contributed by atoms with Gasteiger partial charge < -0.3 is 5.32 Å². The quantitative estimate of drug-likeness (QED) is 0.570. The molecule has 1 rings (SSSR count). The maximum Gasteiger partial charge on any atom is 0.133 e. The molecule has 0 aliphatic carbocycles. The summed E-state index contributed by atoms with van der Waals surface area (Å²) >= 11 is 1.86. The van der Waals surface area contributed by atoms with E-state index in [0.717, 1.165) is 41.9 Å². The van der Waals surface area contributed by atoms with Gasteiger partial charge in [-0.05, 0) is 30.9 Å². The van der Waals surface area contributed by atoms with Gasteiger partial charge in [0.1, 0.15) is 17.2 Å². The predicted octanol–water partition coefficient (Wildman–Crippen LogP) is 4.00. The first-order valence-electron chi connectivity index (χ1n) is 6.89. The standard InChI is InChI=1S/C14H25N3S/c1-5-8-15-13-12(6-2)14(17-10-16-13)18-9-7-11(3)4/h10-11H,5-9H2,1-4H3,(H,15,16,17). The Labute approximate surface area is 115 Å². The van der Waals surface area contributed by atoms with Crippen LogP contribution in [0, 0.1) is 5.92 Å². The number of thioether (sulfide) groups is 1. The van der Waals surface area contributed by atoms with E-state index in [4.69, 9.17) is 0 Å². The van der Waals surface area contributed by atoms with Crippen LogP contribution < -0.4 is 5.32 Å². The Bertz CT molecular complexity index is 353. The molecule has 1 heterocycles. The highest BCUT2D eigenvalue weighted by molar-refractivity contribution is 7.99. The van der Waals surface area contributed by atoms with E-state index in [1.807, 2.05) is 11.8 Å². The fraction of sp³-hybridized carbons (Fsp3) is 0.714. The molecule has 0 bridgehead atoms. The van der Waals surface area contributed by atoms with E-state index in [1.54, 1.807) is 6.33 Å². The monoisotopic (exact) mass is 267 g/mol. The van der Waals surface area contributed by atoms with Crippen LogP contribution in [0.15, 0.2) is 11.4 Å². The van der Waals surface area contributed by atoms with Crippen molar-refractivity contribution in [2.75, 3.05) is 17.6 Å². The molecule has 0 saturated carbocycles. The Morgan fingerprint density at radius 1 is 1.28 bits per heavy atom. The molecule has 0 aliphatic rings. The molecule has 0 unspecified atom stereocenters. The zero-order valence-corrected chi connectivity index (χ0v) is 12.8. The van der Waals surface area contributed by atoms with Crippen molar-refractivity contribution in [3.8, 4) is 0 Å². The van der Waals surface area contributed by atoms with Crippen LogP contribution in [-0.2, 0) is 6.42 Å². The van der Waals surface area contributed by atoms with E-state index < -0.39 is 0 Å². The van der Waals surface area contributed by atoms with Crippen LogP contribution in [0.4, 0.5) is 5.82 Å². The van der Waals surface area contributed by atoms with Gasteiger partial charge in [-0.1, -0.05) is 27.7 Å². The van der Waals surface area contributed by atoms with E-state index in [0.29, 0.717) is 0 Å². The summed E-state index contributed by atoms with van der Waals surface area (Å²) in [5, 5.41) is 4.53. The van der Waals surface area contributed by atoms with Crippen molar-refractivity contribution in [1.82, 2.24) is 9.97 Å². The number of anilines is 1. The molecule has 0 atom stereocenters. The fourth-order valence-corrected chi connectivity index (χ4v) is 2.95. The van der Waals surface area contributed by atoms with Crippen LogP contribution in [0.3, 0.4) is 0 Å². The lowest BCUT2D eigenvalue weighted by Gasteiger charge is -2.12. The van der Waals surface area contributed by atoms with Crippen molar-refractivity contribution in [3.63, 3.8) is 0 Å². The Hall–Kier alpha value is -0.770. The zero-order chi connectivity index (χ0) is 13.4. The lowest BCUT2D eigenvalue weighted by molar-refractivity contribution is 0.631. The minimum atomic E-state index is 0.752. The molecule has 0 fully saturated rings. The number of hydrogen-bond donors (Lipinski definition) is 1. The zero-order valence-electron chi connectivity index (χ0n) is 12.0. The number of rotatable bonds is 8. The average Bonchev–Trinajstić information content (AvgIpc) is 2.36. The summed E-state index contributed by atoms with van der Waals surface area (Å²) in [6.45, 7) is 9.82. The van der Waals surface area contributed by atoms with Crippen LogP contribution in [0.5, 0.6) is 0 Å². The van der Waals surface area contributed by atoms with E-state index in [2.05, 4.69) is 43.0 Å². The highest BCUT2D eigenvalue weighted by atomic mass is 32.2. The molecule has 102 valence electrons. The van der Waals surface area contributed by atoms with Crippen molar-refractivity contribution in [3.05, 3.63) is 11.9 Å². The second-order valence-corrected chi connectivity index (χ2v) is 5.90. The Morgan fingerprint density at radius 3 is 2.67 bits per heavy atom. The first kappa shape index (κ1) is 15.3. The minimum absolute atomic E-state index is 0.752. The normalized spacial score (nSPS) is 10.9. The lowest BCUT2D eigenvalue weighted by Crippen LogP contribution is -2.07. The van der Waals surface area contributed by atoms with E-state index >= 15 is 0 Å². The third-order valence-electron chi connectivity index (χ3n) is 2.74. The fourth-order valence-electron chi connectivity index (χ4n) is 1.63. The van der Waals surface area contributed by atoms with Crippen molar-refractivity contribution >= 4 is 17.6 Å². The van der Waals surface area contributed by atoms with Crippen LogP contribution >= 0.6 is 11.8 Å². The van der Waals surface area contributed by atoms with E-state index in [1.165, 1.54) is 12.0 Å². The summed E-state index contributed by atoms with van der Waals surface area (Å²) in [4.78, 5) is 8.78. The van der Waals surface area contributed by atoms with Crippen molar-refractivity contribution in [1.29, 1.82) is 0 Å². The smallest absolute Gasteiger partial charge is 0.133 e. The topological polar surface area (TPSA) is 37.8 Å². The van der Waals surface area contributed by atoms with Crippen LogP contribution in [0.25, 0.3) is 0 Å². The number of nitrogens with zero attached hydrogens (tertiary/aromatic N) is 2.